The van der Waals surface area contributed by atoms with E-state index in [9.17, 15) is 9.90 Å². The number of alkyl halides is 1. The Labute approximate surface area is 68.1 Å². The smallest absolute Gasteiger partial charge is 0.0603 e. The van der Waals surface area contributed by atoms with Crippen molar-refractivity contribution >= 4 is 21.9 Å². The minimum Gasteiger partial charge on any atom is -0.549 e. The number of carbonyl (C=O) groups is 1. The number of carboxylic acids is 1. The van der Waals surface area contributed by atoms with E-state index in [1.54, 1.807) is 0 Å². The molecule has 1 aliphatic rings. The maximum Gasteiger partial charge on any atom is 0.0603 e. The van der Waals surface area contributed by atoms with Crippen LogP contribution in [0.3, 0.4) is 0 Å². The molecule has 0 spiro atoms. The molecule has 0 fully saturated rings. The second kappa shape index (κ2) is 3.19. The molecule has 0 aliphatic heterocycles. The highest BCUT2D eigenvalue weighted by Gasteiger charge is 2.18. The summed E-state index contributed by atoms with van der Waals surface area (Å²) in [5.41, 5.74) is 0. The maximum atomic E-state index is 10.3. The van der Waals surface area contributed by atoms with Crippen molar-refractivity contribution in [2.45, 2.75) is 17.7 Å². The van der Waals surface area contributed by atoms with E-state index in [4.69, 9.17) is 0 Å². The van der Waals surface area contributed by atoms with Crippen molar-refractivity contribution in [3.05, 3.63) is 12.2 Å². The highest BCUT2D eigenvalue weighted by atomic mass is 79.9. The van der Waals surface area contributed by atoms with Crippen molar-refractivity contribution in [2.75, 3.05) is 0 Å². The number of carbonyl (C=O) groups excluding carboxylic acids is 1. The Morgan fingerprint density at radius 2 is 2.50 bits per heavy atom. The summed E-state index contributed by atoms with van der Waals surface area (Å²) in [5, 5.41) is 10.3. The number of hydrogen-bond donors (Lipinski definition) is 0. The molecule has 2 unspecified atom stereocenters. The van der Waals surface area contributed by atoms with Gasteiger partial charge in [0.1, 0.15) is 0 Å². The van der Waals surface area contributed by atoms with Crippen LogP contribution in [-0.2, 0) is 4.79 Å². The van der Waals surface area contributed by atoms with E-state index in [2.05, 4.69) is 15.9 Å². The van der Waals surface area contributed by atoms with Crippen LogP contribution >= 0.6 is 15.9 Å². The molecule has 0 aromatic rings. The van der Waals surface area contributed by atoms with E-state index in [1.807, 2.05) is 12.2 Å². The van der Waals surface area contributed by atoms with Crippen LogP contribution in [0.5, 0.6) is 0 Å². The molecule has 0 heterocycles. The standard InChI is InChI=1S/C7H9BrO2/c8-6(7(9)10)5-3-1-2-4-5/h1,3,5-6H,2,4H2,(H,9,10)/p-1. The summed E-state index contributed by atoms with van der Waals surface area (Å²) in [7, 11) is 0. The van der Waals surface area contributed by atoms with E-state index in [-0.39, 0.29) is 5.92 Å². The van der Waals surface area contributed by atoms with Gasteiger partial charge in [-0.25, -0.2) is 0 Å². The second-order valence-electron chi connectivity index (χ2n) is 2.39. The summed E-state index contributed by atoms with van der Waals surface area (Å²) in [6, 6.07) is 0. The van der Waals surface area contributed by atoms with Crippen LogP contribution in [-0.4, -0.2) is 10.8 Å². The molecule has 2 nitrogen and oxygen atoms in total. The molecule has 1 aliphatic carbocycles. The van der Waals surface area contributed by atoms with Crippen LogP contribution in [0.4, 0.5) is 0 Å². The first-order valence-corrected chi connectivity index (χ1v) is 4.15. The van der Waals surface area contributed by atoms with Gasteiger partial charge in [-0.15, -0.1) is 0 Å². The van der Waals surface area contributed by atoms with Gasteiger partial charge in [-0.05, 0) is 18.8 Å². The predicted octanol–water partition coefficient (Wildman–Crippen LogP) is 0.466. The number of aliphatic carboxylic acids is 1. The van der Waals surface area contributed by atoms with Gasteiger partial charge in [-0.3, -0.25) is 0 Å². The Balaban J connectivity index is 2.48. The second-order valence-corrected chi connectivity index (χ2v) is 3.38. The highest BCUT2D eigenvalue weighted by Crippen LogP contribution is 2.24. The summed E-state index contributed by atoms with van der Waals surface area (Å²) in [6.07, 6.45) is 5.83. The highest BCUT2D eigenvalue weighted by molar-refractivity contribution is 9.10. The van der Waals surface area contributed by atoms with Gasteiger partial charge in [0.25, 0.3) is 0 Å². The molecule has 0 saturated carbocycles. The largest absolute Gasteiger partial charge is 0.549 e. The van der Waals surface area contributed by atoms with Gasteiger partial charge >= 0.3 is 0 Å². The van der Waals surface area contributed by atoms with Crippen LogP contribution < -0.4 is 5.11 Å². The van der Waals surface area contributed by atoms with E-state index in [0.717, 1.165) is 12.8 Å². The first-order chi connectivity index (χ1) is 4.72. The van der Waals surface area contributed by atoms with Crippen LogP contribution in [0.1, 0.15) is 12.8 Å². The topological polar surface area (TPSA) is 40.1 Å². The Kier molecular flexibility index (Phi) is 2.49. The molecule has 2 atom stereocenters. The first-order valence-electron chi connectivity index (χ1n) is 3.23. The van der Waals surface area contributed by atoms with Crippen LogP contribution in [0.25, 0.3) is 0 Å². The molecule has 0 bridgehead atoms. The molecule has 0 aromatic heterocycles. The lowest BCUT2D eigenvalue weighted by Crippen LogP contribution is -2.35. The van der Waals surface area contributed by atoms with Gasteiger partial charge in [0.15, 0.2) is 0 Å². The fourth-order valence-corrected chi connectivity index (χ4v) is 1.52. The number of rotatable bonds is 2. The Bertz CT molecular complexity index is 165. The summed E-state index contributed by atoms with van der Waals surface area (Å²) in [4.78, 5) is 9.79. The van der Waals surface area contributed by atoms with Gasteiger partial charge in [-0.1, -0.05) is 28.1 Å². The Morgan fingerprint density at radius 1 is 1.80 bits per heavy atom. The average Bonchev–Trinajstić information content (AvgIpc) is 2.36. The third-order valence-electron chi connectivity index (χ3n) is 1.65. The molecule has 3 heteroatoms. The molecule has 0 radical (unpaired) electrons. The van der Waals surface area contributed by atoms with Gasteiger partial charge in [0.05, 0.1) is 10.8 Å². The molecular formula is C7H8BrO2-. The van der Waals surface area contributed by atoms with Crippen molar-refractivity contribution in [3.8, 4) is 0 Å². The zero-order valence-electron chi connectivity index (χ0n) is 5.42. The van der Waals surface area contributed by atoms with Crippen LogP contribution in [0.15, 0.2) is 12.2 Å². The Morgan fingerprint density at radius 3 is 2.90 bits per heavy atom. The molecule has 56 valence electrons. The summed E-state index contributed by atoms with van der Waals surface area (Å²) in [6.45, 7) is 0. The first kappa shape index (κ1) is 7.79. The molecule has 0 saturated heterocycles. The average molecular weight is 204 g/mol. The number of halogens is 1. The molecule has 0 aromatic carbocycles. The summed E-state index contributed by atoms with van der Waals surface area (Å²) in [5.74, 6) is -0.887. The fraction of sp³-hybridized carbons (Fsp3) is 0.571. The zero-order valence-corrected chi connectivity index (χ0v) is 7.00. The molecule has 10 heavy (non-hydrogen) atoms. The minimum absolute atomic E-state index is 0.130. The van der Waals surface area contributed by atoms with Crippen LogP contribution in [0, 0.1) is 5.92 Å². The van der Waals surface area contributed by atoms with Crippen molar-refractivity contribution < 1.29 is 9.90 Å². The van der Waals surface area contributed by atoms with E-state index >= 15 is 0 Å². The fourth-order valence-electron chi connectivity index (χ4n) is 1.07. The number of carboxylic acid groups (broad SMARTS) is 1. The van der Waals surface area contributed by atoms with E-state index in [1.165, 1.54) is 0 Å². The summed E-state index contributed by atoms with van der Waals surface area (Å²) < 4.78 is 0. The lowest BCUT2D eigenvalue weighted by atomic mass is 10.1. The van der Waals surface area contributed by atoms with Gasteiger partial charge < -0.3 is 9.90 Å². The van der Waals surface area contributed by atoms with E-state index in [0.29, 0.717) is 0 Å². The van der Waals surface area contributed by atoms with Gasteiger partial charge in [0.2, 0.25) is 0 Å². The molecule has 1 rings (SSSR count). The SMILES string of the molecule is O=C([O-])C(Br)C1C=CCC1. The lowest BCUT2D eigenvalue weighted by Gasteiger charge is -2.15. The maximum absolute atomic E-state index is 10.3. The zero-order chi connectivity index (χ0) is 7.56. The molecule has 0 amide bonds. The molecular weight excluding hydrogens is 196 g/mol. The lowest BCUT2D eigenvalue weighted by molar-refractivity contribution is -0.305. The van der Waals surface area contributed by atoms with Crippen molar-refractivity contribution in [3.63, 3.8) is 0 Å². The predicted molar refractivity (Wildman–Crippen MR) is 39.6 cm³/mol. The monoisotopic (exact) mass is 203 g/mol. The Hall–Kier alpha value is -0.310. The third-order valence-corrected chi connectivity index (χ3v) is 2.70. The number of allylic oxidation sites excluding steroid dienone is 2. The third kappa shape index (κ3) is 1.59. The van der Waals surface area contributed by atoms with Gasteiger partial charge in [0, 0.05) is 0 Å². The molecule has 0 N–H and O–H groups in total. The van der Waals surface area contributed by atoms with Crippen molar-refractivity contribution in [2.24, 2.45) is 5.92 Å². The van der Waals surface area contributed by atoms with Crippen molar-refractivity contribution in [1.82, 2.24) is 0 Å². The quantitative estimate of drug-likeness (QED) is 0.484. The van der Waals surface area contributed by atoms with E-state index < -0.39 is 10.8 Å². The number of hydrogen-bond acceptors (Lipinski definition) is 2. The normalized spacial score (nSPS) is 26.7. The minimum atomic E-state index is -1.02. The summed E-state index contributed by atoms with van der Waals surface area (Å²) >= 11 is 3.06. The van der Waals surface area contributed by atoms with Crippen LogP contribution in [0.2, 0.25) is 0 Å². The van der Waals surface area contributed by atoms with Crippen molar-refractivity contribution in [1.29, 1.82) is 0 Å². The van der Waals surface area contributed by atoms with Gasteiger partial charge in [-0.2, -0.15) is 0 Å².